The number of methoxy groups -OCH3 is 3. The SMILES string of the molecule is COc1cc(CCC(=O)Nc2ccc(NC(C)=O)cc2Cl)cc(OC)c1OC. The molecule has 2 N–H and O–H groups in total. The molecule has 0 radical (unpaired) electrons. The summed E-state index contributed by atoms with van der Waals surface area (Å²) in [5.74, 6) is 1.19. The summed E-state index contributed by atoms with van der Waals surface area (Å²) in [5, 5.41) is 5.74. The Bertz CT molecular complexity index is 845. The highest BCUT2D eigenvalue weighted by atomic mass is 35.5. The molecule has 0 saturated heterocycles. The molecule has 28 heavy (non-hydrogen) atoms. The average Bonchev–Trinajstić information content (AvgIpc) is 2.67. The van der Waals surface area contributed by atoms with Gasteiger partial charge in [-0.25, -0.2) is 0 Å². The maximum Gasteiger partial charge on any atom is 0.224 e. The van der Waals surface area contributed by atoms with Gasteiger partial charge in [0.05, 0.1) is 32.0 Å². The molecular weight excluding hydrogens is 384 g/mol. The van der Waals surface area contributed by atoms with Crippen LogP contribution in [0.3, 0.4) is 0 Å². The van der Waals surface area contributed by atoms with Gasteiger partial charge in [-0.15, -0.1) is 0 Å². The number of carbonyl (C=O) groups is 2. The summed E-state index contributed by atoms with van der Waals surface area (Å²) in [7, 11) is 4.62. The Morgan fingerprint density at radius 1 is 0.964 bits per heavy atom. The molecule has 0 aliphatic carbocycles. The molecule has 0 bridgehead atoms. The van der Waals surface area contributed by atoms with Crippen LogP contribution in [0.15, 0.2) is 30.3 Å². The second kappa shape index (κ2) is 9.85. The van der Waals surface area contributed by atoms with Crippen LogP contribution in [-0.4, -0.2) is 33.1 Å². The normalized spacial score (nSPS) is 10.2. The summed E-state index contributed by atoms with van der Waals surface area (Å²) in [6.07, 6.45) is 0.715. The van der Waals surface area contributed by atoms with Crippen LogP contribution in [0.2, 0.25) is 5.02 Å². The zero-order chi connectivity index (χ0) is 20.7. The van der Waals surface area contributed by atoms with Gasteiger partial charge in [-0.05, 0) is 42.3 Å². The quantitative estimate of drug-likeness (QED) is 0.694. The van der Waals surface area contributed by atoms with Crippen LogP contribution in [0.1, 0.15) is 18.9 Å². The van der Waals surface area contributed by atoms with Crippen LogP contribution in [0.25, 0.3) is 0 Å². The van der Waals surface area contributed by atoms with Gasteiger partial charge in [-0.3, -0.25) is 9.59 Å². The summed E-state index contributed by atoms with van der Waals surface area (Å²) in [5.41, 5.74) is 1.91. The summed E-state index contributed by atoms with van der Waals surface area (Å²) in [6.45, 7) is 1.41. The third-order valence-corrected chi connectivity index (χ3v) is 4.24. The number of ether oxygens (including phenoxy) is 3. The summed E-state index contributed by atoms with van der Waals surface area (Å²) in [4.78, 5) is 23.4. The van der Waals surface area contributed by atoms with Crippen LogP contribution in [0, 0.1) is 0 Å². The fourth-order valence-electron chi connectivity index (χ4n) is 2.65. The standard InChI is InChI=1S/C20H23ClN2O5/c1-12(24)22-14-6-7-16(15(21)11-14)23-19(25)8-5-13-9-17(26-2)20(28-4)18(10-13)27-3/h6-7,9-11H,5,8H2,1-4H3,(H,22,24)(H,23,25). The van der Waals surface area contributed by atoms with Crippen LogP contribution >= 0.6 is 11.6 Å². The molecule has 0 aliphatic rings. The molecular formula is C20H23ClN2O5. The average molecular weight is 407 g/mol. The van der Waals surface area contributed by atoms with Crippen LogP contribution in [-0.2, 0) is 16.0 Å². The first kappa shape index (κ1) is 21.4. The van der Waals surface area contributed by atoms with E-state index >= 15 is 0 Å². The van der Waals surface area contributed by atoms with Crippen molar-refractivity contribution in [2.45, 2.75) is 19.8 Å². The molecule has 2 amide bonds. The van der Waals surface area contributed by atoms with Crippen molar-refractivity contribution >= 4 is 34.8 Å². The van der Waals surface area contributed by atoms with Crippen LogP contribution < -0.4 is 24.8 Å². The van der Waals surface area contributed by atoms with E-state index in [2.05, 4.69) is 10.6 Å². The van der Waals surface area contributed by atoms with Crippen molar-refractivity contribution in [3.63, 3.8) is 0 Å². The minimum Gasteiger partial charge on any atom is -0.493 e. The van der Waals surface area contributed by atoms with E-state index in [1.807, 2.05) is 12.1 Å². The molecule has 0 spiro atoms. The minimum absolute atomic E-state index is 0.192. The number of nitrogens with one attached hydrogen (secondary N) is 2. The van der Waals surface area contributed by atoms with E-state index in [0.29, 0.717) is 40.1 Å². The van der Waals surface area contributed by atoms with Crippen molar-refractivity contribution in [1.29, 1.82) is 0 Å². The first-order valence-electron chi connectivity index (χ1n) is 8.53. The molecule has 0 fully saturated rings. The van der Waals surface area contributed by atoms with Crippen molar-refractivity contribution < 1.29 is 23.8 Å². The minimum atomic E-state index is -0.196. The van der Waals surface area contributed by atoms with E-state index < -0.39 is 0 Å². The Kier molecular flexibility index (Phi) is 7.52. The smallest absolute Gasteiger partial charge is 0.224 e. The van der Waals surface area contributed by atoms with Crippen molar-refractivity contribution in [1.82, 2.24) is 0 Å². The first-order chi connectivity index (χ1) is 13.4. The van der Waals surface area contributed by atoms with E-state index in [0.717, 1.165) is 5.56 Å². The molecule has 0 atom stereocenters. The Morgan fingerprint density at radius 2 is 1.61 bits per heavy atom. The number of aryl methyl sites for hydroxylation is 1. The van der Waals surface area contributed by atoms with Crippen LogP contribution in [0.4, 0.5) is 11.4 Å². The van der Waals surface area contributed by atoms with Gasteiger partial charge in [0.2, 0.25) is 17.6 Å². The van der Waals surface area contributed by atoms with Gasteiger partial charge in [0.25, 0.3) is 0 Å². The monoisotopic (exact) mass is 406 g/mol. The Hall–Kier alpha value is -2.93. The van der Waals surface area contributed by atoms with E-state index in [1.54, 1.807) is 32.4 Å². The Labute approximate surface area is 168 Å². The molecule has 0 saturated carbocycles. The predicted octanol–water partition coefficient (Wildman–Crippen LogP) is 3.90. The fourth-order valence-corrected chi connectivity index (χ4v) is 2.88. The Morgan fingerprint density at radius 3 is 2.11 bits per heavy atom. The predicted molar refractivity (Wildman–Crippen MR) is 109 cm³/mol. The third kappa shape index (κ3) is 5.53. The highest BCUT2D eigenvalue weighted by Crippen LogP contribution is 2.38. The molecule has 7 nitrogen and oxygen atoms in total. The maximum atomic E-state index is 12.3. The molecule has 0 unspecified atom stereocenters. The van der Waals surface area contributed by atoms with Gasteiger partial charge >= 0.3 is 0 Å². The zero-order valence-electron chi connectivity index (χ0n) is 16.2. The molecule has 8 heteroatoms. The number of carbonyl (C=O) groups excluding carboxylic acids is 2. The molecule has 0 aromatic heterocycles. The topological polar surface area (TPSA) is 85.9 Å². The van der Waals surface area contributed by atoms with Crippen LogP contribution in [0.5, 0.6) is 17.2 Å². The van der Waals surface area contributed by atoms with Gasteiger partial charge < -0.3 is 24.8 Å². The summed E-state index contributed by atoms with van der Waals surface area (Å²) >= 11 is 6.17. The van der Waals surface area contributed by atoms with Crippen molar-refractivity contribution in [3.8, 4) is 17.2 Å². The summed E-state index contributed by atoms with van der Waals surface area (Å²) < 4.78 is 15.9. The lowest BCUT2D eigenvalue weighted by Crippen LogP contribution is -2.13. The highest BCUT2D eigenvalue weighted by molar-refractivity contribution is 6.34. The first-order valence-corrected chi connectivity index (χ1v) is 8.91. The number of hydrogen-bond acceptors (Lipinski definition) is 5. The Balaban J connectivity index is 2.04. The van der Waals surface area contributed by atoms with Gasteiger partial charge in [-0.1, -0.05) is 11.6 Å². The van der Waals surface area contributed by atoms with Gasteiger partial charge in [0.1, 0.15) is 0 Å². The van der Waals surface area contributed by atoms with Crippen molar-refractivity contribution in [2.75, 3.05) is 32.0 Å². The van der Waals surface area contributed by atoms with E-state index in [1.165, 1.54) is 14.0 Å². The van der Waals surface area contributed by atoms with E-state index in [4.69, 9.17) is 25.8 Å². The lowest BCUT2D eigenvalue weighted by atomic mass is 10.1. The number of hydrogen-bond donors (Lipinski definition) is 2. The maximum absolute atomic E-state index is 12.3. The highest BCUT2D eigenvalue weighted by Gasteiger charge is 2.14. The van der Waals surface area contributed by atoms with E-state index in [9.17, 15) is 9.59 Å². The van der Waals surface area contributed by atoms with Crippen molar-refractivity contribution in [2.24, 2.45) is 0 Å². The molecule has 0 aliphatic heterocycles. The zero-order valence-corrected chi connectivity index (χ0v) is 17.0. The number of rotatable bonds is 8. The van der Waals surface area contributed by atoms with Crippen molar-refractivity contribution in [3.05, 3.63) is 40.9 Å². The lowest BCUT2D eigenvalue weighted by Gasteiger charge is -2.14. The number of halogens is 1. The number of anilines is 2. The second-order valence-electron chi connectivity index (χ2n) is 5.96. The number of amides is 2. The summed E-state index contributed by atoms with van der Waals surface area (Å²) in [6, 6.07) is 8.51. The van der Waals surface area contributed by atoms with Gasteiger partial charge in [0, 0.05) is 19.0 Å². The molecule has 2 aromatic carbocycles. The molecule has 150 valence electrons. The van der Waals surface area contributed by atoms with Gasteiger partial charge in [0.15, 0.2) is 11.5 Å². The van der Waals surface area contributed by atoms with Gasteiger partial charge in [-0.2, -0.15) is 0 Å². The lowest BCUT2D eigenvalue weighted by molar-refractivity contribution is -0.116. The fraction of sp³-hybridized carbons (Fsp3) is 0.300. The third-order valence-electron chi connectivity index (χ3n) is 3.93. The number of benzene rings is 2. The second-order valence-corrected chi connectivity index (χ2v) is 6.36. The van der Waals surface area contributed by atoms with E-state index in [-0.39, 0.29) is 18.2 Å². The molecule has 0 heterocycles. The largest absolute Gasteiger partial charge is 0.493 e. The molecule has 2 aromatic rings. The molecule has 2 rings (SSSR count).